The minimum atomic E-state index is -0.907. The summed E-state index contributed by atoms with van der Waals surface area (Å²) >= 11 is 0. The largest absolute Gasteiger partial charge is 0.497 e. The van der Waals surface area contributed by atoms with Crippen LogP contribution in [0.4, 0.5) is 11.4 Å². The number of carboxylic acids is 1. The Labute approximate surface area is 373 Å². The van der Waals surface area contributed by atoms with E-state index in [1.54, 1.807) is 45.4 Å². The molecule has 332 valence electrons. The molecule has 11 heteroatoms. The van der Waals surface area contributed by atoms with Crippen LogP contribution in [0.15, 0.2) is 146 Å². The van der Waals surface area contributed by atoms with E-state index >= 15 is 0 Å². The number of methoxy groups -OCH3 is 2. The lowest BCUT2D eigenvalue weighted by molar-refractivity contribution is 0.0695. The molecule has 0 spiro atoms. The van der Waals surface area contributed by atoms with Crippen LogP contribution in [0.3, 0.4) is 0 Å². The molecular weight excluding hydrogens is 789 g/mol. The highest BCUT2D eigenvalue weighted by Gasteiger charge is 2.11. The number of carboxylic acid groups (broad SMARTS) is 1. The zero-order chi connectivity index (χ0) is 46.9. The summed E-state index contributed by atoms with van der Waals surface area (Å²) in [5.74, 6) is 0.365. The lowest BCUT2D eigenvalue weighted by Crippen LogP contribution is -2.13. The summed E-state index contributed by atoms with van der Waals surface area (Å²) in [5, 5.41) is 11.6. The van der Waals surface area contributed by atoms with Crippen LogP contribution in [0, 0.1) is 13.8 Å². The normalized spacial score (nSPS) is 9.52. The highest BCUT2D eigenvalue weighted by atomic mass is 16.5. The Morgan fingerprint density at radius 2 is 0.984 bits per heavy atom. The Morgan fingerprint density at radius 1 is 0.571 bits per heavy atom. The number of ether oxygens (including phenoxy) is 2. The van der Waals surface area contributed by atoms with Gasteiger partial charge >= 0.3 is 5.97 Å². The van der Waals surface area contributed by atoms with Gasteiger partial charge in [-0.3, -0.25) is 4.79 Å². The van der Waals surface area contributed by atoms with Crippen molar-refractivity contribution in [3.63, 3.8) is 0 Å². The predicted octanol–water partition coefficient (Wildman–Crippen LogP) is 13.0. The standard InChI is InChI=1S/C22H19N3O2.C13H11N3.C9H10O3.4C2H6/c1-15-13-18(27-2)10-11-19(15)22(26)23-17-8-6-16(7-9-17)20-14-25-12-4-3-5-21(25)24-20;14-11-6-4-10(5-7-11)12-9-16-8-2-1-3-13(16)15-12;1-6-5-7(12-2)3-4-8(6)9(10)11;4*1-2/h3-14H,1-2H3,(H,23,26);1-9H,14H2;3-5H,1-2H3,(H,10,11);4*1-2H3. The molecule has 0 aliphatic heterocycles. The summed E-state index contributed by atoms with van der Waals surface area (Å²) in [6.07, 6.45) is 7.96. The van der Waals surface area contributed by atoms with Crippen molar-refractivity contribution in [3.8, 4) is 34.0 Å². The Kier molecular flexibility index (Phi) is 22.5. The van der Waals surface area contributed by atoms with Crippen LogP contribution in [-0.4, -0.2) is 50.0 Å². The fourth-order valence-electron chi connectivity index (χ4n) is 5.75. The molecule has 0 saturated heterocycles. The van der Waals surface area contributed by atoms with Crippen molar-refractivity contribution in [1.82, 2.24) is 18.8 Å². The molecule has 4 aromatic carbocycles. The van der Waals surface area contributed by atoms with E-state index < -0.39 is 5.97 Å². The number of hydrogen-bond donors (Lipinski definition) is 3. The number of rotatable bonds is 7. The number of nitrogen functional groups attached to an aromatic ring is 1. The number of imidazole rings is 2. The minimum absolute atomic E-state index is 0.143. The van der Waals surface area contributed by atoms with E-state index in [-0.39, 0.29) is 5.91 Å². The zero-order valence-electron chi connectivity index (χ0n) is 38.8. The van der Waals surface area contributed by atoms with Crippen molar-refractivity contribution in [2.75, 3.05) is 25.3 Å². The van der Waals surface area contributed by atoms with E-state index in [4.69, 9.17) is 20.3 Å². The summed E-state index contributed by atoms with van der Waals surface area (Å²) in [4.78, 5) is 32.3. The van der Waals surface area contributed by atoms with Gasteiger partial charge in [-0.15, -0.1) is 0 Å². The van der Waals surface area contributed by atoms with Crippen LogP contribution in [0.2, 0.25) is 0 Å². The molecule has 11 nitrogen and oxygen atoms in total. The van der Waals surface area contributed by atoms with Gasteiger partial charge in [0, 0.05) is 52.9 Å². The summed E-state index contributed by atoms with van der Waals surface area (Å²) in [6, 6.07) is 37.6. The molecule has 0 unspecified atom stereocenters. The Hall–Kier alpha value is -7.40. The molecule has 1 amide bonds. The van der Waals surface area contributed by atoms with Gasteiger partial charge in [-0.1, -0.05) is 91.8 Å². The molecule has 0 saturated carbocycles. The number of nitrogens with two attached hydrogens (primary N) is 1. The van der Waals surface area contributed by atoms with Gasteiger partial charge in [0.05, 0.1) is 31.2 Å². The average Bonchev–Trinajstić information content (AvgIpc) is 3.98. The fourth-order valence-corrected chi connectivity index (χ4v) is 5.75. The second-order valence-electron chi connectivity index (χ2n) is 12.5. The van der Waals surface area contributed by atoms with Gasteiger partial charge in [0.25, 0.3) is 5.91 Å². The number of aryl methyl sites for hydroxylation is 2. The average molecular weight is 853 g/mol. The van der Waals surface area contributed by atoms with Gasteiger partial charge < -0.3 is 34.4 Å². The maximum atomic E-state index is 12.5. The smallest absolute Gasteiger partial charge is 0.335 e. The van der Waals surface area contributed by atoms with E-state index in [9.17, 15) is 9.59 Å². The van der Waals surface area contributed by atoms with E-state index in [0.717, 1.165) is 56.5 Å². The molecule has 8 aromatic rings. The molecule has 0 radical (unpaired) electrons. The molecule has 4 aromatic heterocycles. The number of anilines is 2. The molecule has 0 aliphatic carbocycles. The van der Waals surface area contributed by atoms with Crippen molar-refractivity contribution in [2.24, 2.45) is 0 Å². The molecule has 0 atom stereocenters. The van der Waals surface area contributed by atoms with Gasteiger partial charge in [0.2, 0.25) is 0 Å². The molecule has 8 rings (SSSR count). The van der Waals surface area contributed by atoms with E-state index in [2.05, 4.69) is 15.3 Å². The van der Waals surface area contributed by atoms with E-state index in [0.29, 0.717) is 22.4 Å². The molecule has 0 aliphatic rings. The number of fused-ring (bicyclic) bond motifs is 2. The molecule has 0 bridgehead atoms. The van der Waals surface area contributed by atoms with E-state index in [1.165, 1.54) is 6.07 Å². The second kappa shape index (κ2) is 27.4. The van der Waals surface area contributed by atoms with Gasteiger partial charge in [-0.2, -0.15) is 0 Å². The lowest BCUT2D eigenvalue weighted by atomic mass is 10.1. The molecule has 4 heterocycles. The van der Waals surface area contributed by atoms with Crippen molar-refractivity contribution < 1.29 is 24.2 Å². The highest BCUT2D eigenvalue weighted by molar-refractivity contribution is 6.05. The number of carbonyl (C=O) groups is 2. The van der Waals surface area contributed by atoms with Gasteiger partial charge in [0.1, 0.15) is 22.8 Å². The fraction of sp³-hybridized carbons (Fsp3) is 0.231. The monoisotopic (exact) mass is 852 g/mol. The third-order valence-corrected chi connectivity index (χ3v) is 8.72. The summed E-state index contributed by atoms with van der Waals surface area (Å²) < 4.78 is 14.1. The number of benzene rings is 4. The number of pyridine rings is 2. The number of amides is 1. The molecule has 0 fully saturated rings. The maximum absolute atomic E-state index is 12.5. The van der Waals surface area contributed by atoms with Crippen LogP contribution >= 0.6 is 0 Å². The number of carbonyl (C=O) groups excluding carboxylic acids is 1. The van der Waals surface area contributed by atoms with Crippen molar-refractivity contribution in [2.45, 2.75) is 69.2 Å². The zero-order valence-corrected chi connectivity index (χ0v) is 38.8. The minimum Gasteiger partial charge on any atom is -0.497 e. The Morgan fingerprint density at radius 3 is 1.37 bits per heavy atom. The van der Waals surface area contributed by atoms with E-state index in [1.807, 2.05) is 187 Å². The first-order valence-electron chi connectivity index (χ1n) is 21.3. The maximum Gasteiger partial charge on any atom is 0.335 e. The van der Waals surface area contributed by atoms with Crippen molar-refractivity contribution in [1.29, 1.82) is 0 Å². The summed E-state index contributed by atoms with van der Waals surface area (Å²) in [6.45, 7) is 19.6. The number of hydrogen-bond acceptors (Lipinski definition) is 7. The lowest BCUT2D eigenvalue weighted by Gasteiger charge is -2.09. The number of aromatic carboxylic acids is 1. The first-order chi connectivity index (χ1) is 30.6. The highest BCUT2D eigenvalue weighted by Crippen LogP contribution is 2.24. The number of nitrogens with zero attached hydrogens (tertiary/aromatic N) is 4. The summed E-state index contributed by atoms with van der Waals surface area (Å²) in [5.41, 5.74) is 15.5. The first-order valence-corrected chi connectivity index (χ1v) is 21.3. The van der Waals surface area contributed by atoms with Crippen molar-refractivity contribution in [3.05, 3.63) is 168 Å². The van der Waals surface area contributed by atoms with Crippen LogP contribution in [0.1, 0.15) is 87.2 Å². The molecule has 4 N–H and O–H groups in total. The van der Waals surface area contributed by atoms with Crippen LogP contribution in [-0.2, 0) is 0 Å². The predicted molar refractivity (Wildman–Crippen MR) is 261 cm³/mol. The van der Waals surface area contributed by atoms with Gasteiger partial charge in [0.15, 0.2) is 0 Å². The second-order valence-corrected chi connectivity index (χ2v) is 12.5. The third kappa shape index (κ3) is 14.9. The number of nitrogens with one attached hydrogen (secondary N) is 1. The van der Waals surface area contributed by atoms with Gasteiger partial charge in [-0.25, -0.2) is 14.8 Å². The third-order valence-electron chi connectivity index (χ3n) is 8.72. The number of aromatic nitrogens is 4. The van der Waals surface area contributed by atoms with Crippen molar-refractivity contribution >= 4 is 34.5 Å². The van der Waals surface area contributed by atoms with Gasteiger partial charge in [-0.05, 0) is 110 Å². The molecule has 63 heavy (non-hydrogen) atoms. The SMILES string of the molecule is CC.CC.CC.CC.COc1ccc(C(=O)Nc2ccc(-c3cn4ccccc4n3)cc2)c(C)c1.COc1ccc(C(=O)O)c(C)c1.Nc1ccc(-c2cn3ccccc3n2)cc1. The van der Waals surface area contributed by atoms with Crippen LogP contribution < -0.4 is 20.5 Å². The topological polar surface area (TPSA) is 145 Å². The van der Waals surface area contributed by atoms with Crippen LogP contribution in [0.5, 0.6) is 11.5 Å². The van der Waals surface area contributed by atoms with Crippen LogP contribution in [0.25, 0.3) is 33.8 Å². The first kappa shape index (κ1) is 51.7. The quantitative estimate of drug-likeness (QED) is 0.134. The summed E-state index contributed by atoms with van der Waals surface area (Å²) in [7, 11) is 3.16. The Bertz CT molecular complexity index is 2510. The Balaban J connectivity index is 0.000000324. The molecular formula is C52H64N6O5.